The second-order valence-corrected chi connectivity index (χ2v) is 1.87. The summed E-state index contributed by atoms with van der Waals surface area (Å²) in [6.45, 7) is 0. The van der Waals surface area contributed by atoms with E-state index in [-0.39, 0.29) is 13.1 Å². The molecule has 0 aliphatic heterocycles. The minimum atomic E-state index is 0.194. The number of hydrogen-bond donors (Lipinski definition) is 0. The number of hydrogen-bond acceptors (Lipinski definition) is 2. The van der Waals surface area contributed by atoms with Crippen LogP contribution in [0.25, 0.3) is 11.2 Å². The summed E-state index contributed by atoms with van der Waals surface area (Å²) < 4.78 is 0. The van der Waals surface area contributed by atoms with Gasteiger partial charge < -0.3 is 21.0 Å². The van der Waals surface area contributed by atoms with Gasteiger partial charge in [-0.05, 0) is 0 Å². The SMILES string of the molecule is [Cl][Fe][Cl].[N-]=O.[N-]=O. The first-order chi connectivity index (χ1) is 3.41. The summed E-state index contributed by atoms with van der Waals surface area (Å²) in [4.78, 5) is 14.5. The number of nitrogens with zero attached hydrogens (tertiary/aromatic N) is 2. The molecule has 4 nitrogen and oxygen atoms in total. The summed E-state index contributed by atoms with van der Waals surface area (Å²) in [6, 6.07) is 0. The molecule has 0 saturated heterocycles. The van der Waals surface area contributed by atoms with E-state index in [1.807, 2.05) is 0 Å². The first-order valence-electron chi connectivity index (χ1n) is 0.632. The van der Waals surface area contributed by atoms with Crippen LogP contribution in [0.2, 0.25) is 0 Å². The van der Waals surface area contributed by atoms with Gasteiger partial charge in [-0.3, -0.25) is 0 Å². The standard InChI is InChI=1S/2ClH.Fe.2NO/c;;;2*1-2/h2*1H;;;/q;;+2;2*-1/p-2. The molecule has 0 heterocycles. The fourth-order valence-corrected chi connectivity index (χ4v) is 0. The van der Waals surface area contributed by atoms with Crippen molar-refractivity contribution in [2.75, 3.05) is 0 Å². The van der Waals surface area contributed by atoms with Gasteiger partial charge in [0.2, 0.25) is 0 Å². The van der Waals surface area contributed by atoms with E-state index in [1.165, 1.54) is 0 Å². The van der Waals surface area contributed by atoms with Crippen molar-refractivity contribution in [2.24, 2.45) is 0 Å². The molecule has 0 fully saturated rings. The molecule has 0 atom stereocenters. The van der Waals surface area contributed by atoms with Gasteiger partial charge >= 0.3 is 33.3 Å². The van der Waals surface area contributed by atoms with Gasteiger partial charge in [-0.2, -0.15) is 0 Å². The van der Waals surface area contributed by atoms with Crippen LogP contribution in [0.4, 0.5) is 0 Å². The number of rotatable bonds is 0. The first kappa shape index (κ1) is 15.7. The summed E-state index contributed by atoms with van der Waals surface area (Å²) in [7, 11) is 9.53. The fraction of sp³-hybridized carbons (Fsp3) is 0. The Bertz CT molecular complexity index is 21.2. The Balaban J connectivity index is -0.0000000360. The van der Waals surface area contributed by atoms with E-state index in [1.54, 1.807) is 0 Å². The third kappa shape index (κ3) is 1300. The molecule has 0 aliphatic carbocycles. The van der Waals surface area contributed by atoms with Crippen molar-refractivity contribution < 1.29 is 13.1 Å². The minimum absolute atomic E-state index is 0.194. The third-order valence-electron chi connectivity index (χ3n) is 0. The van der Waals surface area contributed by atoms with Crippen LogP contribution in [0.5, 0.6) is 0 Å². The molecule has 7 heteroatoms. The van der Waals surface area contributed by atoms with Gasteiger partial charge in [-0.15, -0.1) is 0 Å². The van der Waals surface area contributed by atoms with Crippen LogP contribution >= 0.6 is 20.2 Å². The summed E-state index contributed by atoms with van der Waals surface area (Å²) in [5, 5.41) is 0. The average molecular weight is 187 g/mol. The van der Waals surface area contributed by atoms with E-state index in [9.17, 15) is 0 Å². The predicted molar refractivity (Wildman–Crippen MR) is 25.2 cm³/mol. The molecule has 0 aromatic rings. The number of halogens is 2. The fourth-order valence-electron chi connectivity index (χ4n) is 0. The molecular formula is Cl2FeN2O2-2. The third-order valence-corrected chi connectivity index (χ3v) is 0. The monoisotopic (exact) mass is 186 g/mol. The summed E-state index contributed by atoms with van der Waals surface area (Å²) in [6.07, 6.45) is 0. The van der Waals surface area contributed by atoms with Crippen molar-refractivity contribution in [1.82, 2.24) is 0 Å². The second kappa shape index (κ2) is 105. The molecule has 0 aliphatic rings. The zero-order valence-corrected chi connectivity index (χ0v) is 5.44. The van der Waals surface area contributed by atoms with Gasteiger partial charge in [0.15, 0.2) is 0 Å². The van der Waals surface area contributed by atoms with Crippen LogP contribution in [0, 0.1) is 9.81 Å². The maximum Gasteiger partial charge on any atom is -0.423 e. The molecule has 46 valence electrons. The second-order valence-electron chi connectivity index (χ2n) is 0.0505. The largest absolute Gasteiger partial charge is 0.577 e. The van der Waals surface area contributed by atoms with Crippen LogP contribution in [0.15, 0.2) is 0 Å². The Morgan fingerprint density at radius 1 is 1.00 bits per heavy atom. The van der Waals surface area contributed by atoms with E-state index in [2.05, 4.69) is 0 Å². The Labute approximate surface area is 54.7 Å². The van der Waals surface area contributed by atoms with Crippen LogP contribution in [-0.2, 0) is 13.1 Å². The molecule has 0 bridgehead atoms. The summed E-state index contributed by atoms with van der Waals surface area (Å²) >= 11 is 0.194. The van der Waals surface area contributed by atoms with Crippen LogP contribution in [0.1, 0.15) is 0 Å². The van der Waals surface area contributed by atoms with Gasteiger partial charge in [-0.1, -0.05) is 0 Å². The maximum absolute atomic E-state index is 7.25. The van der Waals surface area contributed by atoms with Crippen molar-refractivity contribution in [1.29, 1.82) is 0 Å². The van der Waals surface area contributed by atoms with E-state index in [4.69, 9.17) is 41.2 Å². The molecule has 0 aromatic heterocycles. The molecule has 0 unspecified atom stereocenters. The van der Waals surface area contributed by atoms with Crippen molar-refractivity contribution in [2.45, 2.75) is 0 Å². The molecule has 0 spiro atoms. The summed E-state index contributed by atoms with van der Waals surface area (Å²) in [5.41, 5.74) is 11.5. The topological polar surface area (TPSA) is 78.7 Å². The summed E-state index contributed by atoms with van der Waals surface area (Å²) in [5.74, 6) is 0. The zero-order valence-electron chi connectivity index (χ0n) is 2.82. The Hall–Kier alpha value is 0.299. The Kier molecular flexibility index (Phi) is 235. The van der Waals surface area contributed by atoms with Gasteiger partial charge in [0.05, 0.1) is 0 Å². The average Bonchev–Trinajstić information content (AvgIpc) is 1.78. The van der Waals surface area contributed by atoms with Crippen LogP contribution in [0.3, 0.4) is 0 Å². The van der Waals surface area contributed by atoms with Crippen molar-refractivity contribution in [3.05, 3.63) is 21.0 Å². The predicted octanol–water partition coefficient (Wildman–Crippen LogP) is 2.02. The molecule has 0 rings (SSSR count). The van der Waals surface area contributed by atoms with Crippen LogP contribution < -0.4 is 0 Å². The minimum Gasteiger partial charge on any atom is -0.577 e. The Morgan fingerprint density at radius 2 is 1.00 bits per heavy atom. The maximum atomic E-state index is 7.25. The molecule has 7 heavy (non-hydrogen) atoms. The molecule has 0 N–H and O–H groups in total. The molecular weight excluding hydrogens is 187 g/mol. The van der Waals surface area contributed by atoms with Crippen molar-refractivity contribution in [3.63, 3.8) is 0 Å². The quantitative estimate of drug-likeness (QED) is 0.543. The first-order valence-corrected chi connectivity index (χ1v) is 3.67. The van der Waals surface area contributed by atoms with Gasteiger partial charge in [0.1, 0.15) is 0 Å². The van der Waals surface area contributed by atoms with Gasteiger partial charge in [0.25, 0.3) is 0 Å². The van der Waals surface area contributed by atoms with E-state index in [0.29, 0.717) is 0 Å². The Morgan fingerprint density at radius 3 is 1.00 bits per heavy atom. The van der Waals surface area contributed by atoms with Crippen LogP contribution in [-0.4, -0.2) is 0 Å². The normalized spacial score (nSPS) is 4.29. The smallest absolute Gasteiger partial charge is 0.423 e. The molecule has 0 saturated carbocycles. The molecule has 0 aromatic carbocycles. The van der Waals surface area contributed by atoms with Gasteiger partial charge in [0, 0.05) is 0 Å². The zero-order chi connectivity index (χ0) is 6.71. The van der Waals surface area contributed by atoms with Crippen molar-refractivity contribution >= 4 is 20.2 Å². The number of nitroso groups, excluding NO2 is 2. The van der Waals surface area contributed by atoms with E-state index < -0.39 is 0 Å². The van der Waals surface area contributed by atoms with E-state index >= 15 is 0 Å². The molecule has 0 amide bonds. The van der Waals surface area contributed by atoms with E-state index in [0.717, 1.165) is 0 Å². The van der Waals surface area contributed by atoms with Crippen molar-refractivity contribution in [3.8, 4) is 0 Å². The van der Waals surface area contributed by atoms with Gasteiger partial charge in [-0.25, -0.2) is 0 Å². The molecule has 0 radical (unpaired) electrons.